The predicted molar refractivity (Wildman–Crippen MR) is 76.9 cm³/mol. The predicted octanol–water partition coefficient (Wildman–Crippen LogP) is 1.31. The molecule has 0 unspecified atom stereocenters. The third-order valence-corrected chi connectivity index (χ3v) is 2.91. The van der Waals surface area contributed by atoms with Gasteiger partial charge in [-0.15, -0.1) is 0 Å². The van der Waals surface area contributed by atoms with Crippen LogP contribution in [0.15, 0.2) is 30.5 Å². The van der Waals surface area contributed by atoms with Gasteiger partial charge < -0.3 is 10.7 Å². The van der Waals surface area contributed by atoms with Gasteiger partial charge in [-0.1, -0.05) is 0 Å². The standard InChI is InChI=1S/C14H17N5O/c1-9-7-11(3-4-13(9)19-15)14(20)17-8-12-5-6-16-10(2)18-12/h3-7,19H,8,15H2,1-2H3,(H,17,20). The highest BCUT2D eigenvalue weighted by molar-refractivity contribution is 5.94. The van der Waals surface area contributed by atoms with E-state index < -0.39 is 0 Å². The number of nitrogen functional groups attached to an aromatic ring is 1. The number of hydrogen-bond acceptors (Lipinski definition) is 5. The van der Waals surface area contributed by atoms with Crippen LogP contribution in [0.2, 0.25) is 0 Å². The maximum Gasteiger partial charge on any atom is 0.251 e. The van der Waals surface area contributed by atoms with E-state index in [1.807, 2.05) is 13.8 Å². The van der Waals surface area contributed by atoms with Crippen molar-refractivity contribution in [3.8, 4) is 0 Å². The molecule has 20 heavy (non-hydrogen) atoms. The number of rotatable bonds is 4. The van der Waals surface area contributed by atoms with E-state index in [0.717, 1.165) is 16.9 Å². The van der Waals surface area contributed by atoms with Crippen molar-refractivity contribution in [1.82, 2.24) is 15.3 Å². The van der Waals surface area contributed by atoms with Crippen molar-refractivity contribution in [3.05, 3.63) is 53.1 Å². The zero-order chi connectivity index (χ0) is 14.5. The Morgan fingerprint density at radius 2 is 2.10 bits per heavy atom. The number of anilines is 1. The van der Waals surface area contributed by atoms with Gasteiger partial charge in [0.25, 0.3) is 5.91 Å². The summed E-state index contributed by atoms with van der Waals surface area (Å²) in [5.74, 6) is 5.90. The van der Waals surface area contributed by atoms with Crippen molar-refractivity contribution in [2.24, 2.45) is 5.84 Å². The lowest BCUT2D eigenvalue weighted by Crippen LogP contribution is -2.23. The lowest BCUT2D eigenvalue weighted by Gasteiger charge is -2.08. The summed E-state index contributed by atoms with van der Waals surface area (Å²) >= 11 is 0. The highest BCUT2D eigenvalue weighted by atomic mass is 16.1. The van der Waals surface area contributed by atoms with Gasteiger partial charge in [-0.2, -0.15) is 0 Å². The molecule has 104 valence electrons. The van der Waals surface area contributed by atoms with Crippen LogP contribution in [0.25, 0.3) is 0 Å². The van der Waals surface area contributed by atoms with Crippen LogP contribution in [0.4, 0.5) is 5.69 Å². The van der Waals surface area contributed by atoms with Crippen molar-refractivity contribution in [3.63, 3.8) is 0 Å². The maximum atomic E-state index is 12.0. The van der Waals surface area contributed by atoms with Crippen molar-refractivity contribution >= 4 is 11.6 Å². The van der Waals surface area contributed by atoms with Gasteiger partial charge in [0.2, 0.25) is 0 Å². The van der Waals surface area contributed by atoms with Gasteiger partial charge >= 0.3 is 0 Å². The minimum absolute atomic E-state index is 0.145. The van der Waals surface area contributed by atoms with Crippen LogP contribution >= 0.6 is 0 Å². The number of aryl methyl sites for hydroxylation is 2. The van der Waals surface area contributed by atoms with E-state index in [-0.39, 0.29) is 5.91 Å². The smallest absolute Gasteiger partial charge is 0.251 e. The summed E-state index contributed by atoms with van der Waals surface area (Å²) in [7, 11) is 0. The van der Waals surface area contributed by atoms with Gasteiger partial charge in [0.15, 0.2) is 0 Å². The van der Waals surface area contributed by atoms with E-state index in [4.69, 9.17) is 5.84 Å². The summed E-state index contributed by atoms with van der Waals surface area (Å²) in [6, 6.07) is 7.07. The second-order valence-electron chi connectivity index (χ2n) is 4.45. The molecule has 6 heteroatoms. The van der Waals surface area contributed by atoms with Crippen molar-refractivity contribution in [2.75, 3.05) is 5.43 Å². The molecule has 1 aromatic carbocycles. The van der Waals surface area contributed by atoms with E-state index in [1.165, 1.54) is 0 Å². The summed E-state index contributed by atoms with van der Waals surface area (Å²) < 4.78 is 0. The maximum absolute atomic E-state index is 12.0. The molecule has 0 saturated carbocycles. The van der Waals surface area contributed by atoms with Gasteiger partial charge in [0.1, 0.15) is 5.82 Å². The number of nitrogens with zero attached hydrogens (tertiary/aromatic N) is 2. The van der Waals surface area contributed by atoms with Crippen molar-refractivity contribution < 1.29 is 4.79 Å². The fourth-order valence-electron chi connectivity index (χ4n) is 1.84. The molecule has 2 rings (SSSR count). The quantitative estimate of drug-likeness (QED) is 0.576. The molecule has 0 fully saturated rings. The average Bonchev–Trinajstić information content (AvgIpc) is 2.44. The molecule has 2 aromatic rings. The second kappa shape index (κ2) is 6.12. The molecule has 0 aliphatic heterocycles. The highest BCUT2D eigenvalue weighted by Crippen LogP contribution is 2.15. The minimum atomic E-state index is -0.145. The van der Waals surface area contributed by atoms with Crippen LogP contribution < -0.4 is 16.6 Å². The third kappa shape index (κ3) is 3.30. The fraction of sp³-hybridized carbons (Fsp3) is 0.214. The van der Waals surface area contributed by atoms with Gasteiger partial charge in [-0.3, -0.25) is 10.6 Å². The first-order valence-electron chi connectivity index (χ1n) is 6.24. The summed E-state index contributed by atoms with van der Waals surface area (Å²) in [6.07, 6.45) is 1.68. The first kappa shape index (κ1) is 14.0. The number of nitrogens with two attached hydrogens (primary N) is 1. The molecular formula is C14H17N5O. The SMILES string of the molecule is Cc1nccc(CNC(=O)c2ccc(NN)c(C)c2)n1. The number of nitrogens with one attached hydrogen (secondary N) is 2. The second-order valence-corrected chi connectivity index (χ2v) is 4.45. The lowest BCUT2D eigenvalue weighted by atomic mass is 10.1. The van der Waals surface area contributed by atoms with E-state index in [9.17, 15) is 4.79 Å². The van der Waals surface area contributed by atoms with E-state index in [1.54, 1.807) is 30.5 Å². The van der Waals surface area contributed by atoms with Crippen LogP contribution in [-0.2, 0) is 6.54 Å². The first-order chi connectivity index (χ1) is 9.60. The first-order valence-corrected chi connectivity index (χ1v) is 6.24. The van der Waals surface area contributed by atoms with E-state index in [2.05, 4.69) is 20.7 Å². The lowest BCUT2D eigenvalue weighted by molar-refractivity contribution is 0.0950. The zero-order valence-electron chi connectivity index (χ0n) is 11.5. The van der Waals surface area contributed by atoms with Gasteiger partial charge in [0.05, 0.1) is 17.9 Å². The average molecular weight is 271 g/mol. The number of amides is 1. The molecule has 4 N–H and O–H groups in total. The van der Waals surface area contributed by atoms with Crippen LogP contribution in [-0.4, -0.2) is 15.9 Å². The largest absolute Gasteiger partial charge is 0.346 e. The molecule has 0 spiro atoms. The van der Waals surface area contributed by atoms with E-state index in [0.29, 0.717) is 17.9 Å². The number of carbonyl (C=O) groups excluding carboxylic acids is 1. The van der Waals surface area contributed by atoms with Crippen molar-refractivity contribution in [1.29, 1.82) is 0 Å². The van der Waals surface area contributed by atoms with Gasteiger partial charge in [-0.05, 0) is 43.7 Å². The third-order valence-electron chi connectivity index (χ3n) is 2.91. The molecule has 0 bridgehead atoms. The fourth-order valence-corrected chi connectivity index (χ4v) is 1.84. The minimum Gasteiger partial charge on any atom is -0.346 e. The van der Waals surface area contributed by atoms with Crippen LogP contribution in [0.5, 0.6) is 0 Å². The summed E-state index contributed by atoms with van der Waals surface area (Å²) in [4.78, 5) is 20.3. The highest BCUT2D eigenvalue weighted by Gasteiger charge is 2.07. The number of hydrazine groups is 1. The molecular weight excluding hydrogens is 254 g/mol. The van der Waals surface area contributed by atoms with Crippen LogP contribution in [0.3, 0.4) is 0 Å². The Morgan fingerprint density at radius 3 is 2.75 bits per heavy atom. The Morgan fingerprint density at radius 1 is 1.30 bits per heavy atom. The Hall–Kier alpha value is -2.47. The molecule has 1 heterocycles. The summed E-state index contributed by atoms with van der Waals surface area (Å²) in [5, 5.41) is 2.83. The Bertz CT molecular complexity index is 627. The van der Waals surface area contributed by atoms with E-state index >= 15 is 0 Å². The number of hydrogen-bond donors (Lipinski definition) is 3. The van der Waals surface area contributed by atoms with Gasteiger partial charge in [0, 0.05) is 11.8 Å². The summed E-state index contributed by atoms with van der Waals surface area (Å²) in [5.41, 5.74) is 5.66. The number of carbonyl (C=O) groups is 1. The molecule has 0 saturated heterocycles. The molecule has 0 aliphatic rings. The zero-order valence-corrected chi connectivity index (χ0v) is 11.5. The molecule has 0 aliphatic carbocycles. The molecule has 1 amide bonds. The Kier molecular flexibility index (Phi) is 4.27. The molecule has 0 radical (unpaired) electrons. The van der Waals surface area contributed by atoms with Crippen molar-refractivity contribution in [2.45, 2.75) is 20.4 Å². The topological polar surface area (TPSA) is 92.9 Å². The normalized spacial score (nSPS) is 10.2. The Labute approximate surface area is 117 Å². The number of benzene rings is 1. The van der Waals surface area contributed by atoms with Crippen LogP contribution in [0.1, 0.15) is 27.4 Å². The van der Waals surface area contributed by atoms with Crippen LogP contribution in [0, 0.1) is 13.8 Å². The molecule has 0 atom stereocenters. The summed E-state index contributed by atoms with van der Waals surface area (Å²) in [6.45, 7) is 4.07. The van der Waals surface area contributed by atoms with Gasteiger partial charge in [-0.25, -0.2) is 9.97 Å². The molecule has 1 aromatic heterocycles. The monoisotopic (exact) mass is 271 g/mol. The molecule has 6 nitrogen and oxygen atoms in total. The Balaban J connectivity index is 2.03. The number of aromatic nitrogens is 2.